The molecule has 5 nitrogen and oxygen atoms in total. The lowest BCUT2D eigenvalue weighted by Crippen LogP contribution is -2.31. The standard InChI is InChI=1S/C20H25FN2O3S/c1-15-4-5-17(11-20(15)21)13-22-12-16-6-8-19(9-7-16)27(24,25)23-14-18-3-2-10-26-18/h4-9,11,18,22-23H,2-3,10,12-14H2,1H3. The van der Waals surface area contributed by atoms with E-state index >= 15 is 0 Å². The second-order valence-electron chi connectivity index (χ2n) is 6.82. The van der Waals surface area contributed by atoms with E-state index in [9.17, 15) is 12.8 Å². The van der Waals surface area contributed by atoms with Gasteiger partial charge in [0.25, 0.3) is 0 Å². The number of hydrogen-bond donors (Lipinski definition) is 2. The van der Waals surface area contributed by atoms with Crippen molar-refractivity contribution in [1.29, 1.82) is 0 Å². The van der Waals surface area contributed by atoms with Crippen molar-refractivity contribution in [3.05, 3.63) is 65.0 Å². The van der Waals surface area contributed by atoms with Crippen LogP contribution in [0.4, 0.5) is 4.39 Å². The van der Waals surface area contributed by atoms with Crippen molar-refractivity contribution in [3.63, 3.8) is 0 Å². The molecule has 0 aliphatic carbocycles. The maximum atomic E-state index is 13.5. The molecule has 1 fully saturated rings. The Hall–Kier alpha value is -1.80. The van der Waals surface area contributed by atoms with E-state index < -0.39 is 10.0 Å². The number of halogens is 1. The fraction of sp³-hybridized carbons (Fsp3) is 0.400. The van der Waals surface area contributed by atoms with Gasteiger partial charge in [-0.1, -0.05) is 24.3 Å². The summed E-state index contributed by atoms with van der Waals surface area (Å²) in [7, 11) is -3.53. The first-order valence-corrected chi connectivity index (χ1v) is 10.6. The molecule has 2 aromatic rings. The monoisotopic (exact) mass is 392 g/mol. The number of rotatable bonds is 8. The quantitative estimate of drug-likeness (QED) is 0.725. The minimum atomic E-state index is -3.53. The number of aryl methyl sites for hydroxylation is 1. The van der Waals surface area contributed by atoms with E-state index in [-0.39, 0.29) is 16.8 Å². The molecule has 1 saturated heterocycles. The predicted octanol–water partition coefficient (Wildman–Crippen LogP) is 2.88. The van der Waals surface area contributed by atoms with Gasteiger partial charge < -0.3 is 10.1 Å². The highest BCUT2D eigenvalue weighted by Crippen LogP contribution is 2.14. The molecule has 2 N–H and O–H groups in total. The average Bonchev–Trinajstić information content (AvgIpc) is 3.17. The van der Waals surface area contributed by atoms with Crippen LogP contribution in [0, 0.1) is 12.7 Å². The van der Waals surface area contributed by atoms with E-state index in [4.69, 9.17) is 4.74 Å². The molecule has 1 aliphatic heterocycles. The molecule has 1 aliphatic rings. The van der Waals surface area contributed by atoms with E-state index in [0.29, 0.717) is 31.8 Å². The molecule has 1 unspecified atom stereocenters. The Labute approximate surface area is 160 Å². The van der Waals surface area contributed by atoms with Crippen molar-refractivity contribution in [2.75, 3.05) is 13.2 Å². The lowest BCUT2D eigenvalue weighted by atomic mass is 10.1. The molecule has 3 rings (SSSR count). The molecule has 0 aromatic heterocycles. The second-order valence-corrected chi connectivity index (χ2v) is 8.58. The molecule has 27 heavy (non-hydrogen) atoms. The highest BCUT2D eigenvalue weighted by molar-refractivity contribution is 7.89. The van der Waals surface area contributed by atoms with Gasteiger partial charge in [0.2, 0.25) is 10.0 Å². The van der Waals surface area contributed by atoms with Crippen molar-refractivity contribution in [2.45, 2.75) is 43.9 Å². The van der Waals surface area contributed by atoms with Gasteiger partial charge in [-0.25, -0.2) is 17.5 Å². The molecule has 2 aromatic carbocycles. The van der Waals surface area contributed by atoms with Crippen molar-refractivity contribution >= 4 is 10.0 Å². The Kier molecular flexibility index (Phi) is 6.59. The summed E-state index contributed by atoms with van der Waals surface area (Å²) < 4.78 is 46.3. The Morgan fingerprint density at radius 2 is 1.81 bits per heavy atom. The summed E-state index contributed by atoms with van der Waals surface area (Å²) in [6.45, 7) is 3.85. The first-order chi connectivity index (χ1) is 12.9. The van der Waals surface area contributed by atoms with Gasteiger partial charge in [0, 0.05) is 26.2 Å². The van der Waals surface area contributed by atoms with Gasteiger partial charge in [0.05, 0.1) is 11.0 Å². The van der Waals surface area contributed by atoms with Crippen molar-refractivity contribution in [1.82, 2.24) is 10.0 Å². The number of ether oxygens (including phenoxy) is 1. The third-order valence-corrected chi connectivity index (χ3v) is 6.09. The molecule has 0 bridgehead atoms. The molecule has 0 saturated carbocycles. The zero-order chi connectivity index (χ0) is 19.3. The van der Waals surface area contributed by atoms with E-state index in [1.807, 2.05) is 6.07 Å². The van der Waals surface area contributed by atoms with Crippen LogP contribution in [0.2, 0.25) is 0 Å². The molecule has 0 amide bonds. The van der Waals surface area contributed by atoms with E-state index in [0.717, 1.165) is 24.0 Å². The van der Waals surface area contributed by atoms with Crippen LogP contribution < -0.4 is 10.0 Å². The second kappa shape index (κ2) is 8.93. The van der Waals surface area contributed by atoms with Crippen LogP contribution in [0.15, 0.2) is 47.4 Å². The fourth-order valence-corrected chi connectivity index (χ4v) is 4.04. The number of sulfonamides is 1. The van der Waals surface area contributed by atoms with Crippen molar-refractivity contribution < 1.29 is 17.5 Å². The van der Waals surface area contributed by atoms with Crippen LogP contribution in [-0.4, -0.2) is 27.7 Å². The first-order valence-electron chi connectivity index (χ1n) is 9.10. The molecular weight excluding hydrogens is 367 g/mol. The summed E-state index contributed by atoms with van der Waals surface area (Å²) in [5.74, 6) is -0.209. The minimum Gasteiger partial charge on any atom is -0.377 e. The van der Waals surface area contributed by atoms with Gasteiger partial charge in [-0.3, -0.25) is 0 Å². The molecule has 0 spiro atoms. The maximum Gasteiger partial charge on any atom is 0.240 e. The Morgan fingerprint density at radius 1 is 1.11 bits per heavy atom. The van der Waals surface area contributed by atoms with Crippen LogP contribution in [0.25, 0.3) is 0 Å². The highest BCUT2D eigenvalue weighted by atomic mass is 32.2. The van der Waals surface area contributed by atoms with Crippen molar-refractivity contribution in [3.8, 4) is 0 Å². The summed E-state index contributed by atoms with van der Waals surface area (Å²) >= 11 is 0. The lowest BCUT2D eigenvalue weighted by molar-refractivity contribution is 0.114. The molecule has 7 heteroatoms. The van der Waals surface area contributed by atoms with Crippen LogP contribution in [-0.2, 0) is 27.8 Å². The zero-order valence-electron chi connectivity index (χ0n) is 15.4. The molecule has 1 atom stereocenters. The summed E-state index contributed by atoms with van der Waals surface area (Å²) in [4.78, 5) is 0.241. The van der Waals surface area contributed by atoms with Gasteiger partial charge in [-0.2, -0.15) is 0 Å². The van der Waals surface area contributed by atoms with E-state index in [1.165, 1.54) is 6.07 Å². The number of hydrogen-bond acceptors (Lipinski definition) is 4. The number of benzene rings is 2. The zero-order valence-corrected chi connectivity index (χ0v) is 16.2. The molecule has 1 heterocycles. The van der Waals surface area contributed by atoms with E-state index in [1.54, 1.807) is 37.3 Å². The topological polar surface area (TPSA) is 67.4 Å². The van der Waals surface area contributed by atoms with Gasteiger partial charge in [0.1, 0.15) is 5.82 Å². The Balaban J connectivity index is 1.50. The largest absolute Gasteiger partial charge is 0.377 e. The summed E-state index contributed by atoms with van der Waals surface area (Å²) in [6, 6.07) is 11.9. The Bertz CT molecular complexity index is 863. The van der Waals surface area contributed by atoms with Crippen LogP contribution in [0.5, 0.6) is 0 Å². The highest BCUT2D eigenvalue weighted by Gasteiger charge is 2.20. The molecule has 0 radical (unpaired) electrons. The molecular formula is C20H25FN2O3S. The third kappa shape index (κ3) is 5.59. The Morgan fingerprint density at radius 3 is 2.48 bits per heavy atom. The van der Waals surface area contributed by atoms with Crippen molar-refractivity contribution in [2.24, 2.45) is 0 Å². The van der Waals surface area contributed by atoms with Gasteiger partial charge in [-0.15, -0.1) is 0 Å². The van der Waals surface area contributed by atoms with Crippen LogP contribution in [0.3, 0.4) is 0 Å². The first kappa shape index (κ1) is 19.9. The summed E-state index contributed by atoms with van der Waals surface area (Å²) in [5, 5.41) is 3.24. The normalized spacial score (nSPS) is 17.3. The van der Waals surface area contributed by atoms with Crippen LogP contribution >= 0.6 is 0 Å². The van der Waals surface area contributed by atoms with Gasteiger partial charge in [0.15, 0.2) is 0 Å². The average molecular weight is 392 g/mol. The fourth-order valence-electron chi connectivity index (χ4n) is 2.98. The lowest BCUT2D eigenvalue weighted by Gasteiger charge is -2.12. The molecule has 146 valence electrons. The smallest absolute Gasteiger partial charge is 0.240 e. The van der Waals surface area contributed by atoms with Crippen LogP contribution in [0.1, 0.15) is 29.5 Å². The van der Waals surface area contributed by atoms with Gasteiger partial charge >= 0.3 is 0 Å². The predicted molar refractivity (Wildman–Crippen MR) is 102 cm³/mol. The SMILES string of the molecule is Cc1ccc(CNCc2ccc(S(=O)(=O)NCC3CCCO3)cc2)cc1F. The minimum absolute atomic E-state index is 0.0325. The van der Waals surface area contributed by atoms with Gasteiger partial charge in [-0.05, 0) is 54.7 Å². The summed E-state index contributed by atoms with van der Waals surface area (Å²) in [5.41, 5.74) is 2.46. The summed E-state index contributed by atoms with van der Waals surface area (Å²) in [6.07, 6.45) is 1.83. The number of nitrogens with one attached hydrogen (secondary N) is 2. The van der Waals surface area contributed by atoms with E-state index in [2.05, 4.69) is 10.0 Å². The third-order valence-electron chi connectivity index (χ3n) is 4.65. The maximum absolute atomic E-state index is 13.5.